The van der Waals surface area contributed by atoms with E-state index in [9.17, 15) is 5.26 Å². The van der Waals surface area contributed by atoms with E-state index in [-0.39, 0.29) is 0 Å². The Balaban J connectivity index is 1.22. The zero-order valence-electron chi connectivity index (χ0n) is 31.0. The molecule has 0 aliphatic heterocycles. The summed E-state index contributed by atoms with van der Waals surface area (Å²) in [5, 5.41) is 14.3. The average Bonchev–Trinajstić information content (AvgIpc) is 3.85. The lowest BCUT2D eigenvalue weighted by Crippen LogP contribution is -2.04. The zero-order valence-corrected chi connectivity index (χ0v) is 31.0. The highest BCUT2D eigenvalue weighted by Crippen LogP contribution is 2.42. The van der Waals surface area contributed by atoms with Gasteiger partial charge in [-0.25, -0.2) is 15.0 Å². The van der Waals surface area contributed by atoms with Crippen LogP contribution in [0, 0.1) is 11.3 Å². The van der Waals surface area contributed by atoms with Crippen LogP contribution in [-0.4, -0.2) is 19.5 Å². The monoisotopic (exact) mass is 741 g/mol. The summed E-state index contributed by atoms with van der Waals surface area (Å²) in [6.45, 7) is 0. The van der Waals surface area contributed by atoms with Crippen molar-refractivity contribution >= 4 is 43.7 Å². The third-order valence-corrected chi connectivity index (χ3v) is 10.9. The minimum Gasteiger partial charge on any atom is -0.456 e. The summed E-state index contributed by atoms with van der Waals surface area (Å²) in [7, 11) is 0. The summed E-state index contributed by atoms with van der Waals surface area (Å²) in [5.74, 6) is 1.73. The topological polar surface area (TPSA) is 80.5 Å². The Morgan fingerprint density at radius 2 is 1.00 bits per heavy atom. The molecule has 6 nitrogen and oxygen atoms in total. The van der Waals surface area contributed by atoms with Crippen LogP contribution in [0.5, 0.6) is 0 Å². The molecular formula is C52H31N5O. The maximum Gasteiger partial charge on any atom is 0.166 e. The lowest BCUT2D eigenvalue weighted by molar-refractivity contribution is 0.669. The van der Waals surface area contributed by atoms with Crippen LogP contribution in [0.25, 0.3) is 106 Å². The molecule has 0 saturated heterocycles. The largest absolute Gasteiger partial charge is 0.456 e. The first kappa shape index (κ1) is 33.2. The molecule has 0 radical (unpaired) electrons. The van der Waals surface area contributed by atoms with Gasteiger partial charge in [0.1, 0.15) is 11.2 Å². The van der Waals surface area contributed by atoms with Crippen LogP contribution in [0.3, 0.4) is 0 Å². The number of aromatic nitrogens is 4. The van der Waals surface area contributed by atoms with E-state index in [2.05, 4.69) is 89.5 Å². The molecule has 0 amide bonds. The number of nitriles is 1. The second-order valence-electron chi connectivity index (χ2n) is 14.3. The smallest absolute Gasteiger partial charge is 0.166 e. The molecule has 58 heavy (non-hydrogen) atoms. The van der Waals surface area contributed by atoms with Gasteiger partial charge in [0, 0.05) is 38.2 Å². The Morgan fingerprint density at radius 1 is 0.414 bits per heavy atom. The Morgan fingerprint density at radius 3 is 1.78 bits per heavy atom. The molecule has 0 atom stereocenters. The van der Waals surface area contributed by atoms with Gasteiger partial charge in [0.15, 0.2) is 17.5 Å². The molecule has 270 valence electrons. The molecule has 8 aromatic carbocycles. The van der Waals surface area contributed by atoms with Gasteiger partial charge in [0.2, 0.25) is 0 Å². The van der Waals surface area contributed by atoms with Crippen molar-refractivity contribution in [1.29, 1.82) is 5.26 Å². The first-order valence-electron chi connectivity index (χ1n) is 19.2. The Hall–Kier alpha value is -8.14. The summed E-state index contributed by atoms with van der Waals surface area (Å²) in [4.78, 5) is 15.5. The molecule has 0 fully saturated rings. The predicted molar refractivity (Wildman–Crippen MR) is 233 cm³/mol. The van der Waals surface area contributed by atoms with E-state index in [4.69, 9.17) is 19.4 Å². The van der Waals surface area contributed by atoms with Crippen molar-refractivity contribution in [2.24, 2.45) is 0 Å². The molecule has 11 rings (SSSR count). The molecule has 0 unspecified atom stereocenters. The van der Waals surface area contributed by atoms with Crippen LogP contribution in [0.15, 0.2) is 192 Å². The van der Waals surface area contributed by atoms with E-state index in [1.165, 1.54) is 0 Å². The fourth-order valence-corrected chi connectivity index (χ4v) is 8.25. The number of hydrogen-bond acceptors (Lipinski definition) is 5. The van der Waals surface area contributed by atoms with E-state index in [0.29, 0.717) is 23.0 Å². The van der Waals surface area contributed by atoms with Gasteiger partial charge in [-0.2, -0.15) is 5.26 Å². The summed E-state index contributed by atoms with van der Waals surface area (Å²) in [6, 6.07) is 66.2. The molecule has 0 spiro atoms. The SMILES string of the molecule is N#Cc1ccccc1-c1ccc2c(c1)c1ccccc1n2-c1ccc(-c2cccc3oc4ccccc4c23)cc1-c1nc(-c2ccccc2)nc(-c2ccccc2)n1. The summed E-state index contributed by atoms with van der Waals surface area (Å²) in [6.07, 6.45) is 0. The van der Waals surface area contributed by atoms with Gasteiger partial charge in [0.05, 0.1) is 28.4 Å². The summed E-state index contributed by atoms with van der Waals surface area (Å²) in [5.41, 5.74) is 11.9. The summed E-state index contributed by atoms with van der Waals surface area (Å²) >= 11 is 0. The number of para-hydroxylation sites is 2. The second kappa shape index (κ2) is 13.6. The first-order chi connectivity index (χ1) is 28.7. The van der Waals surface area contributed by atoms with Crippen molar-refractivity contribution in [3.8, 4) is 68.2 Å². The van der Waals surface area contributed by atoms with E-state index in [1.807, 2.05) is 109 Å². The highest BCUT2D eigenvalue weighted by atomic mass is 16.3. The molecule has 0 saturated carbocycles. The first-order valence-corrected chi connectivity index (χ1v) is 19.2. The normalized spacial score (nSPS) is 11.4. The van der Waals surface area contributed by atoms with Crippen LogP contribution in [0.1, 0.15) is 5.56 Å². The second-order valence-corrected chi connectivity index (χ2v) is 14.3. The van der Waals surface area contributed by atoms with Crippen molar-refractivity contribution in [1.82, 2.24) is 19.5 Å². The van der Waals surface area contributed by atoms with Gasteiger partial charge in [-0.1, -0.05) is 140 Å². The lowest BCUT2D eigenvalue weighted by atomic mass is 9.96. The number of rotatable bonds is 6. The van der Waals surface area contributed by atoms with Crippen molar-refractivity contribution in [3.05, 3.63) is 194 Å². The molecule has 0 aliphatic carbocycles. The van der Waals surface area contributed by atoms with Crippen molar-refractivity contribution < 1.29 is 4.42 Å². The van der Waals surface area contributed by atoms with Gasteiger partial charge in [0.25, 0.3) is 0 Å². The predicted octanol–water partition coefficient (Wildman–Crippen LogP) is 13.1. The molecule has 0 N–H and O–H groups in total. The number of fused-ring (bicyclic) bond motifs is 6. The molecule has 11 aromatic rings. The Bertz CT molecular complexity index is 3360. The van der Waals surface area contributed by atoms with E-state index in [0.717, 1.165) is 88.4 Å². The average molecular weight is 742 g/mol. The molecular weight excluding hydrogens is 711 g/mol. The molecule has 0 aliphatic rings. The highest BCUT2D eigenvalue weighted by molar-refractivity contribution is 6.13. The minimum absolute atomic E-state index is 0.555. The molecule has 3 heterocycles. The lowest BCUT2D eigenvalue weighted by Gasteiger charge is -2.17. The molecule has 3 aromatic heterocycles. The quantitative estimate of drug-likeness (QED) is 0.169. The number of benzene rings is 8. The van der Waals surface area contributed by atoms with E-state index in [1.54, 1.807) is 0 Å². The number of hydrogen-bond donors (Lipinski definition) is 0. The van der Waals surface area contributed by atoms with Gasteiger partial charge in [-0.3, -0.25) is 0 Å². The van der Waals surface area contributed by atoms with Crippen molar-refractivity contribution in [3.63, 3.8) is 0 Å². The Kier molecular flexibility index (Phi) is 7.76. The van der Waals surface area contributed by atoms with E-state index >= 15 is 0 Å². The van der Waals surface area contributed by atoms with Crippen molar-refractivity contribution in [2.45, 2.75) is 0 Å². The third-order valence-electron chi connectivity index (χ3n) is 10.9. The summed E-state index contributed by atoms with van der Waals surface area (Å²) < 4.78 is 8.65. The van der Waals surface area contributed by atoms with Crippen LogP contribution in [-0.2, 0) is 0 Å². The van der Waals surface area contributed by atoms with Gasteiger partial charge < -0.3 is 8.98 Å². The minimum atomic E-state index is 0.555. The number of furan rings is 1. The maximum absolute atomic E-state index is 9.97. The van der Waals surface area contributed by atoms with E-state index < -0.39 is 0 Å². The van der Waals surface area contributed by atoms with Gasteiger partial charge in [-0.15, -0.1) is 0 Å². The Labute approximate surface area is 333 Å². The highest BCUT2D eigenvalue weighted by Gasteiger charge is 2.22. The molecule has 0 bridgehead atoms. The van der Waals surface area contributed by atoms with Crippen LogP contribution < -0.4 is 0 Å². The third kappa shape index (κ3) is 5.45. The standard InChI is InChI=1S/C52H31N5O/c53-32-37-18-7-8-19-38(37)35-26-28-45-42(30-35)40-20-9-11-23-44(40)57(45)46-29-27-36(39-22-13-25-48-49(39)41-21-10-12-24-47(41)58-48)31-43(46)52-55-50(33-14-3-1-4-15-33)54-51(56-52)34-16-5-2-6-17-34/h1-31H. The fraction of sp³-hybridized carbons (Fsp3) is 0. The van der Waals surface area contributed by atoms with Gasteiger partial charge >= 0.3 is 0 Å². The van der Waals surface area contributed by atoms with Crippen molar-refractivity contribution in [2.75, 3.05) is 0 Å². The number of nitrogens with zero attached hydrogens (tertiary/aromatic N) is 5. The van der Waals surface area contributed by atoms with Gasteiger partial charge in [-0.05, 0) is 70.8 Å². The van der Waals surface area contributed by atoms with Crippen LogP contribution >= 0.6 is 0 Å². The molecule has 6 heteroatoms. The zero-order chi connectivity index (χ0) is 38.6. The fourth-order valence-electron chi connectivity index (χ4n) is 8.25. The van der Waals surface area contributed by atoms with Crippen LogP contribution in [0.2, 0.25) is 0 Å². The maximum atomic E-state index is 9.97. The van der Waals surface area contributed by atoms with Crippen LogP contribution in [0.4, 0.5) is 0 Å².